The van der Waals surface area contributed by atoms with Crippen LogP contribution >= 0.6 is 0 Å². The first-order chi connectivity index (χ1) is 5.65. The van der Waals surface area contributed by atoms with E-state index in [4.69, 9.17) is 5.11 Å². The average molecular weight is 169 g/mol. The molecule has 12 heavy (non-hydrogen) atoms. The van der Waals surface area contributed by atoms with E-state index in [-0.39, 0.29) is 5.69 Å². The largest absolute Gasteiger partial charge is 0.478 e. The summed E-state index contributed by atoms with van der Waals surface area (Å²) in [5.41, 5.74) is -0.668. The molecule has 1 heterocycles. The summed E-state index contributed by atoms with van der Waals surface area (Å²) in [6.45, 7) is 0. The highest BCUT2D eigenvalue weighted by atomic mass is 19.1. The number of halogens is 1. The zero-order chi connectivity index (χ0) is 9.14. The lowest BCUT2D eigenvalue weighted by Gasteiger charge is -1.95. The molecule has 0 radical (unpaired) electrons. The lowest BCUT2D eigenvalue weighted by molar-refractivity contribution is 0.0690. The number of carbonyl (C=O) groups excluding carboxylic acids is 1. The molecule has 0 aliphatic carbocycles. The number of rotatable bonds is 2. The van der Waals surface area contributed by atoms with Gasteiger partial charge in [0.25, 0.3) is 0 Å². The minimum absolute atomic E-state index is 0.127. The molecule has 0 aliphatic heterocycles. The van der Waals surface area contributed by atoms with Crippen molar-refractivity contribution in [2.45, 2.75) is 0 Å². The molecule has 0 fully saturated rings. The van der Waals surface area contributed by atoms with Crippen LogP contribution < -0.4 is 0 Å². The third-order valence-electron chi connectivity index (χ3n) is 1.22. The first kappa shape index (κ1) is 8.32. The summed E-state index contributed by atoms with van der Waals surface area (Å²) in [4.78, 5) is 23.4. The van der Waals surface area contributed by atoms with Crippen molar-refractivity contribution in [1.29, 1.82) is 0 Å². The molecule has 0 bridgehead atoms. The molecule has 0 spiro atoms. The summed E-state index contributed by atoms with van der Waals surface area (Å²) < 4.78 is 12.6. The van der Waals surface area contributed by atoms with Crippen LogP contribution in [0.2, 0.25) is 0 Å². The van der Waals surface area contributed by atoms with Crippen molar-refractivity contribution < 1.29 is 19.1 Å². The van der Waals surface area contributed by atoms with E-state index in [1.54, 1.807) is 0 Å². The molecule has 1 N–H and O–H groups in total. The van der Waals surface area contributed by atoms with E-state index in [2.05, 4.69) is 4.98 Å². The van der Waals surface area contributed by atoms with Gasteiger partial charge in [0.05, 0.1) is 0 Å². The monoisotopic (exact) mass is 169 g/mol. The molecule has 0 aromatic carbocycles. The first-order valence-electron chi connectivity index (χ1n) is 3.00. The minimum atomic E-state index is -1.41. The van der Waals surface area contributed by atoms with Crippen molar-refractivity contribution in [2.75, 3.05) is 0 Å². The highest BCUT2D eigenvalue weighted by Crippen LogP contribution is 2.04. The smallest absolute Gasteiger partial charge is 0.340 e. The summed E-state index contributed by atoms with van der Waals surface area (Å²) in [5, 5.41) is 8.36. The van der Waals surface area contributed by atoms with Gasteiger partial charge in [0, 0.05) is 0 Å². The number of nitrogens with zero attached hydrogens (tertiary/aromatic N) is 1. The van der Waals surface area contributed by atoms with Crippen LogP contribution in [0.5, 0.6) is 0 Å². The number of hydrogen-bond donors (Lipinski definition) is 1. The van der Waals surface area contributed by atoms with E-state index < -0.39 is 17.5 Å². The number of aromatic nitrogens is 1. The number of carbonyl (C=O) groups is 2. The molecule has 1 aromatic heterocycles. The topological polar surface area (TPSA) is 67.3 Å². The lowest BCUT2D eigenvalue weighted by Crippen LogP contribution is -2.03. The van der Waals surface area contributed by atoms with Gasteiger partial charge in [-0.15, -0.1) is 0 Å². The average Bonchev–Trinajstić information content (AvgIpc) is 2.03. The van der Waals surface area contributed by atoms with Crippen molar-refractivity contribution in [1.82, 2.24) is 4.98 Å². The zero-order valence-electron chi connectivity index (χ0n) is 5.82. The second-order valence-electron chi connectivity index (χ2n) is 2.00. The molecule has 5 heteroatoms. The lowest BCUT2D eigenvalue weighted by atomic mass is 10.2. The van der Waals surface area contributed by atoms with Crippen molar-refractivity contribution in [3.8, 4) is 0 Å². The SMILES string of the molecule is O=Cc1ccc(C(=O)O)c(F)n1. The number of carboxylic acids is 1. The molecular weight excluding hydrogens is 165 g/mol. The third kappa shape index (κ3) is 1.45. The van der Waals surface area contributed by atoms with Gasteiger partial charge in [-0.1, -0.05) is 0 Å². The van der Waals surface area contributed by atoms with Crippen molar-refractivity contribution in [3.63, 3.8) is 0 Å². The Hall–Kier alpha value is -1.78. The van der Waals surface area contributed by atoms with Gasteiger partial charge in [-0.05, 0) is 12.1 Å². The highest BCUT2D eigenvalue weighted by Gasteiger charge is 2.11. The maximum atomic E-state index is 12.6. The van der Waals surface area contributed by atoms with E-state index in [1.165, 1.54) is 0 Å². The number of hydrogen-bond acceptors (Lipinski definition) is 3. The second kappa shape index (κ2) is 3.08. The van der Waals surface area contributed by atoms with E-state index in [0.29, 0.717) is 6.29 Å². The molecule has 0 atom stereocenters. The maximum Gasteiger partial charge on any atom is 0.340 e. The van der Waals surface area contributed by atoms with E-state index in [1.807, 2.05) is 0 Å². The molecule has 0 saturated carbocycles. The van der Waals surface area contributed by atoms with Crippen LogP contribution in [0, 0.1) is 5.95 Å². The van der Waals surface area contributed by atoms with Crippen molar-refractivity contribution in [2.24, 2.45) is 0 Å². The molecule has 62 valence electrons. The fraction of sp³-hybridized carbons (Fsp3) is 0. The number of aldehydes is 1. The van der Waals surface area contributed by atoms with Gasteiger partial charge in [0.2, 0.25) is 5.95 Å². The van der Waals surface area contributed by atoms with Gasteiger partial charge >= 0.3 is 5.97 Å². The Bertz CT molecular complexity index is 337. The maximum absolute atomic E-state index is 12.6. The minimum Gasteiger partial charge on any atom is -0.478 e. The number of pyridine rings is 1. The molecule has 0 unspecified atom stereocenters. The molecule has 1 aromatic rings. The van der Waals surface area contributed by atoms with E-state index >= 15 is 0 Å². The molecule has 1 rings (SSSR count). The van der Waals surface area contributed by atoms with Gasteiger partial charge < -0.3 is 5.11 Å². The van der Waals surface area contributed by atoms with Gasteiger partial charge in [-0.25, -0.2) is 9.78 Å². The predicted molar refractivity (Wildman–Crippen MR) is 36.5 cm³/mol. The van der Waals surface area contributed by atoms with Crippen molar-refractivity contribution in [3.05, 3.63) is 29.3 Å². The Morgan fingerprint density at radius 2 is 2.25 bits per heavy atom. The summed E-state index contributed by atoms with van der Waals surface area (Å²) in [6.07, 6.45) is 0.342. The Morgan fingerprint density at radius 1 is 1.58 bits per heavy atom. The zero-order valence-corrected chi connectivity index (χ0v) is 5.82. The molecule has 0 amide bonds. The third-order valence-corrected chi connectivity index (χ3v) is 1.22. The summed E-state index contributed by atoms with van der Waals surface area (Å²) in [6, 6.07) is 2.13. The van der Waals surface area contributed by atoms with E-state index in [0.717, 1.165) is 12.1 Å². The Kier molecular flexibility index (Phi) is 2.14. The van der Waals surface area contributed by atoms with Gasteiger partial charge in [0.15, 0.2) is 6.29 Å². The van der Waals surface area contributed by atoms with Crippen LogP contribution in [0.15, 0.2) is 12.1 Å². The van der Waals surface area contributed by atoms with Crippen LogP contribution in [0.4, 0.5) is 4.39 Å². The van der Waals surface area contributed by atoms with Crippen LogP contribution in [-0.4, -0.2) is 22.3 Å². The molecule has 0 saturated heterocycles. The number of carboxylic acid groups (broad SMARTS) is 1. The van der Waals surface area contributed by atoms with Gasteiger partial charge in [-0.3, -0.25) is 4.79 Å². The first-order valence-corrected chi connectivity index (χ1v) is 3.00. The standard InChI is InChI=1S/C7H4FNO3/c8-6-5(7(11)12)2-1-4(3-10)9-6/h1-3H,(H,11,12). The normalized spacial score (nSPS) is 9.42. The van der Waals surface area contributed by atoms with Crippen LogP contribution in [0.25, 0.3) is 0 Å². The molecule has 0 aliphatic rings. The Labute approximate surface area is 66.7 Å². The summed E-state index contributed by atoms with van der Waals surface area (Å²) in [7, 11) is 0. The summed E-state index contributed by atoms with van der Waals surface area (Å²) in [5.74, 6) is -2.55. The van der Waals surface area contributed by atoms with Crippen LogP contribution in [-0.2, 0) is 0 Å². The van der Waals surface area contributed by atoms with E-state index in [9.17, 15) is 14.0 Å². The molecular formula is C7H4FNO3. The highest BCUT2D eigenvalue weighted by molar-refractivity contribution is 5.88. The Morgan fingerprint density at radius 3 is 2.67 bits per heavy atom. The predicted octanol–water partition coefficient (Wildman–Crippen LogP) is 0.731. The molecule has 4 nitrogen and oxygen atoms in total. The quantitative estimate of drug-likeness (QED) is 0.523. The second-order valence-corrected chi connectivity index (χ2v) is 2.00. The summed E-state index contributed by atoms with van der Waals surface area (Å²) >= 11 is 0. The fourth-order valence-electron chi connectivity index (χ4n) is 0.673. The van der Waals surface area contributed by atoms with Crippen LogP contribution in [0.3, 0.4) is 0 Å². The van der Waals surface area contributed by atoms with Crippen molar-refractivity contribution >= 4 is 12.3 Å². The van der Waals surface area contributed by atoms with Gasteiger partial charge in [0.1, 0.15) is 11.3 Å². The van der Waals surface area contributed by atoms with Crippen LogP contribution in [0.1, 0.15) is 20.8 Å². The fourth-order valence-corrected chi connectivity index (χ4v) is 0.673. The Balaban J connectivity index is 3.20. The number of aromatic carboxylic acids is 1. The van der Waals surface area contributed by atoms with Gasteiger partial charge in [-0.2, -0.15) is 4.39 Å².